The van der Waals surface area contributed by atoms with Crippen molar-refractivity contribution in [3.8, 4) is 0 Å². The Hall–Kier alpha value is -0.970. The van der Waals surface area contributed by atoms with Gasteiger partial charge >= 0.3 is 0 Å². The topological polar surface area (TPSA) is 33.2 Å². The Bertz CT molecular complexity index is 373. The van der Waals surface area contributed by atoms with Crippen LogP contribution in [-0.4, -0.2) is 34.7 Å². The van der Waals surface area contributed by atoms with E-state index in [1.165, 1.54) is 12.3 Å². The fourth-order valence-electron chi connectivity index (χ4n) is 1.48. The Kier molecular flexibility index (Phi) is 6.11. The van der Waals surface area contributed by atoms with Gasteiger partial charge in [-0.1, -0.05) is 22.4 Å². The van der Waals surface area contributed by atoms with Crippen LogP contribution in [-0.2, 0) is 0 Å². The summed E-state index contributed by atoms with van der Waals surface area (Å²) in [6.45, 7) is 0.646. The Morgan fingerprint density at radius 3 is 2.88 bits per heavy atom. The van der Waals surface area contributed by atoms with E-state index < -0.39 is 5.82 Å². The number of nitrogens with zero attached hydrogens (tertiary/aromatic N) is 2. The van der Waals surface area contributed by atoms with Crippen LogP contribution in [0, 0.1) is 5.82 Å². The van der Waals surface area contributed by atoms with Crippen molar-refractivity contribution in [2.45, 2.75) is 19.3 Å². The van der Waals surface area contributed by atoms with Crippen molar-refractivity contribution in [3.63, 3.8) is 0 Å². The number of alkyl halides is 1. The average Bonchev–Trinajstić information content (AvgIpc) is 2.34. The highest BCUT2D eigenvalue weighted by Gasteiger charge is 2.15. The van der Waals surface area contributed by atoms with Gasteiger partial charge in [-0.05, 0) is 18.9 Å². The predicted molar refractivity (Wildman–Crippen MR) is 68.8 cm³/mol. The molecule has 0 fully saturated rings. The molecule has 0 aromatic carbocycles. The number of aromatic nitrogens is 1. The lowest BCUT2D eigenvalue weighted by Crippen LogP contribution is -2.28. The zero-order valence-electron chi connectivity index (χ0n) is 9.83. The molecule has 1 rings (SSSR count). The van der Waals surface area contributed by atoms with Crippen molar-refractivity contribution >= 4 is 21.8 Å². The van der Waals surface area contributed by atoms with Crippen molar-refractivity contribution in [2.75, 3.05) is 18.9 Å². The van der Waals surface area contributed by atoms with Gasteiger partial charge in [-0.15, -0.1) is 0 Å². The summed E-state index contributed by atoms with van der Waals surface area (Å²) < 4.78 is 13.3. The lowest BCUT2D eigenvalue weighted by atomic mass is 10.2. The minimum absolute atomic E-state index is 0.0861. The highest BCUT2D eigenvalue weighted by atomic mass is 79.9. The highest BCUT2D eigenvalue weighted by molar-refractivity contribution is 9.09. The quantitative estimate of drug-likeness (QED) is 0.598. The van der Waals surface area contributed by atoms with Gasteiger partial charge in [0.05, 0.1) is 11.8 Å². The summed E-state index contributed by atoms with van der Waals surface area (Å²) in [6.07, 6.45) is 5.56. The molecule has 94 valence electrons. The molecule has 0 N–H and O–H groups in total. The molecule has 1 heterocycles. The van der Waals surface area contributed by atoms with Crippen LogP contribution < -0.4 is 0 Å². The van der Waals surface area contributed by atoms with Crippen LogP contribution in [0.5, 0.6) is 0 Å². The summed E-state index contributed by atoms with van der Waals surface area (Å²) in [5, 5.41) is 0.976. The fourth-order valence-corrected chi connectivity index (χ4v) is 1.87. The zero-order valence-corrected chi connectivity index (χ0v) is 11.4. The Morgan fingerprint density at radius 2 is 2.24 bits per heavy atom. The molecule has 0 unspecified atom stereocenters. The molecule has 1 aromatic heterocycles. The average molecular weight is 303 g/mol. The molecule has 0 saturated carbocycles. The second-order valence-electron chi connectivity index (χ2n) is 3.83. The summed E-state index contributed by atoms with van der Waals surface area (Å²) in [7, 11) is 1.69. The van der Waals surface area contributed by atoms with Gasteiger partial charge in [-0.2, -0.15) is 0 Å². The maximum atomic E-state index is 13.3. The van der Waals surface area contributed by atoms with E-state index in [9.17, 15) is 9.18 Å². The molecule has 0 aliphatic rings. The van der Waals surface area contributed by atoms with E-state index in [4.69, 9.17) is 0 Å². The summed E-state index contributed by atoms with van der Waals surface area (Å²) >= 11 is 3.35. The molecule has 0 aliphatic heterocycles. The minimum Gasteiger partial charge on any atom is -0.342 e. The standard InChI is InChI=1S/C12H16BrFN2O/c1-16(8-4-2-3-6-13)12(17)10-5-7-15-9-11(10)14/h5,7,9H,2-4,6,8H2,1H3. The van der Waals surface area contributed by atoms with Gasteiger partial charge in [0.2, 0.25) is 0 Å². The second-order valence-corrected chi connectivity index (χ2v) is 4.62. The van der Waals surface area contributed by atoms with E-state index in [0.717, 1.165) is 30.8 Å². The van der Waals surface area contributed by atoms with Crippen molar-refractivity contribution in [1.29, 1.82) is 0 Å². The number of hydrogen-bond donors (Lipinski definition) is 0. The first-order chi connectivity index (χ1) is 8.16. The van der Waals surface area contributed by atoms with Gasteiger partial charge in [0.25, 0.3) is 5.91 Å². The molecule has 17 heavy (non-hydrogen) atoms. The number of amides is 1. The molecule has 5 heteroatoms. The second kappa shape index (κ2) is 7.37. The normalized spacial score (nSPS) is 10.3. The van der Waals surface area contributed by atoms with Gasteiger partial charge in [0.15, 0.2) is 5.82 Å². The van der Waals surface area contributed by atoms with Crippen molar-refractivity contribution < 1.29 is 9.18 Å². The fraction of sp³-hybridized carbons (Fsp3) is 0.500. The third-order valence-corrected chi connectivity index (χ3v) is 3.04. The Labute approximate surface area is 109 Å². The molecular formula is C12H16BrFN2O. The van der Waals surface area contributed by atoms with Gasteiger partial charge in [-0.25, -0.2) is 4.39 Å². The van der Waals surface area contributed by atoms with E-state index >= 15 is 0 Å². The third kappa shape index (κ3) is 4.42. The lowest BCUT2D eigenvalue weighted by molar-refractivity contribution is 0.0788. The van der Waals surface area contributed by atoms with E-state index in [1.54, 1.807) is 11.9 Å². The lowest BCUT2D eigenvalue weighted by Gasteiger charge is -2.17. The molecule has 0 radical (unpaired) electrons. The molecule has 1 aromatic rings. The Morgan fingerprint density at radius 1 is 1.47 bits per heavy atom. The van der Waals surface area contributed by atoms with E-state index in [2.05, 4.69) is 20.9 Å². The third-order valence-electron chi connectivity index (χ3n) is 2.48. The van der Waals surface area contributed by atoms with Crippen molar-refractivity contribution in [1.82, 2.24) is 9.88 Å². The van der Waals surface area contributed by atoms with Crippen LogP contribution in [0.4, 0.5) is 4.39 Å². The molecule has 0 aliphatic carbocycles. The first-order valence-electron chi connectivity index (χ1n) is 5.57. The Balaban J connectivity index is 2.49. The van der Waals surface area contributed by atoms with Crippen LogP contribution in [0.15, 0.2) is 18.5 Å². The number of hydrogen-bond acceptors (Lipinski definition) is 2. The number of halogens is 2. The first kappa shape index (κ1) is 14.1. The minimum atomic E-state index is -0.565. The number of rotatable bonds is 6. The summed E-state index contributed by atoms with van der Waals surface area (Å²) in [6, 6.07) is 1.41. The van der Waals surface area contributed by atoms with E-state index in [0.29, 0.717) is 6.54 Å². The maximum Gasteiger partial charge on any atom is 0.256 e. The number of unbranched alkanes of at least 4 members (excludes halogenated alkanes) is 2. The van der Waals surface area contributed by atoms with Crippen LogP contribution >= 0.6 is 15.9 Å². The maximum absolute atomic E-state index is 13.3. The SMILES string of the molecule is CN(CCCCCBr)C(=O)c1ccncc1F. The van der Waals surface area contributed by atoms with Crippen LogP contribution in [0.3, 0.4) is 0 Å². The summed E-state index contributed by atoms with van der Waals surface area (Å²) in [5.41, 5.74) is 0.0861. The van der Waals surface area contributed by atoms with Gasteiger partial charge in [-0.3, -0.25) is 9.78 Å². The molecule has 3 nitrogen and oxygen atoms in total. The van der Waals surface area contributed by atoms with Crippen molar-refractivity contribution in [3.05, 3.63) is 29.8 Å². The van der Waals surface area contributed by atoms with Crippen molar-refractivity contribution in [2.24, 2.45) is 0 Å². The van der Waals surface area contributed by atoms with Gasteiger partial charge in [0, 0.05) is 25.1 Å². The van der Waals surface area contributed by atoms with Gasteiger partial charge in [0.1, 0.15) is 0 Å². The van der Waals surface area contributed by atoms with Crippen LogP contribution in [0.1, 0.15) is 29.6 Å². The van der Waals surface area contributed by atoms with Gasteiger partial charge < -0.3 is 4.90 Å². The van der Waals surface area contributed by atoms with Crippen LogP contribution in [0.2, 0.25) is 0 Å². The first-order valence-corrected chi connectivity index (χ1v) is 6.70. The zero-order chi connectivity index (χ0) is 12.7. The highest BCUT2D eigenvalue weighted by Crippen LogP contribution is 2.08. The molecule has 0 atom stereocenters. The largest absolute Gasteiger partial charge is 0.342 e. The summed E-state index contributed by atoms with van der Waals surface area (Å²) in [4.78, 5) is 17.0. The van der Waals surface area contributed by atoms with Crippen LogP contribution in [0.25, 0.3) is 0 Å². The predicted octanol–water partition coefficient (Wildman–Crippen LogP) is 2.86. The number of pyridine rings is 1. The molecule has 1 amide bonds. The smallest absolute Gasteiger partial charge is 0.256 e. The number of carbonyl (C=O) groups excluding carboxylic acids is 1. The molecule has 0 spiro atoms. The van der Waals surface area contributed by atoms with E-state index in [-0.39, 0.29) is 11.5 Å². The molecule has 0 bridgehead atoms. The number of carbonyl (C=O) groups is 1. The molecule has 0 saturated heterocycles. The van der Waals surface area contributed by atoms with E-state index in [1.807, 2.05) is 0 Å². The molecular weight excluding hydrogens is 287 g/mol. The monoisotopic (exact) mass is 302 g/mol. The summed E-state index contributed by atoms with van der Waals surface area (Å²) in [5.74, 6) is -0.853.